The molecule has 2 rings (SSSR count). The van der Waals surface area contributed by atoms with Crippen molar-refractivity contribution in [3.8, 4) is 0 Å². The van der Waals surface area contributed by atoms with Crippen molar-refractivity contribution < 1.29 is 8.42 Å². The Balaban J connectivity index is 2.35. The normalized spacial score (nSPS) is 12.4. The lowest BCUT2D eigenvalue weighted by molar-refractivity contribution is 0.588. The molecule has 0 N–H and O–H groups in total. The van der Waals surface area contributed by atoms with Crippen molar-refractivity contribution in [3.63, 3.8) is 0 Å². The molecule has 0 bridgehead atoms. The molecular formula is C11H17ClN4O2S. The van der Waals surface area contributed by atoms with Gasteiger partial charge < -0.3 is 4.57 Å². The zero-order valence-electron chi connectivity index (χ0n) is 11.2. The molecule has 0 aromatic carbocycles. The van der Waals surface area contributed by atoms with E-state index in [2.05, 4.69) is 10.1 Å². The summed E-state index contributed by atoms with van der Waals surface area (Å²) in [6.07, 6.45) is 1.78. The van der Waals surface area contributed by atoms with Gasteiger partial charge >= 0.3 is 0 Å². The summed E-state index contributed by atoms with van der Waals surface area (Å²) in [6, 6.07) is 0. The third kappa shape index (κ3) is 2.92. The molecule has 2 aromatic rings. The lowest BCUT2D eigenvalue weighted by Gasteiger charge is -2.07. The summed E-state index contributed by atoms with van der Waals surface area (Å²) in [5, 5.41) is 4.32. The predicted octanol–water partition coefficient (Wildman–Crippen LogP) is 1.25. The Morgan fingerprint density at radius 3 is 2.63 bits per heavy atom. The van der Waals surface area contributed by atoms with Crippen LogP contribution in [0.3, 0.4) is 0 Å². The first-order valence-corrected chi connectivity index (χ1v) is 8.55. The van der Waals surface area contributed by atoms with Gasteiger partial charge in [0.2, 0.25) is 0 Å². The van der Waals surface area contributed by atoms with Gasteiger partial charge in [0.1, 0.15) is 21.2 Å². The summed E-state index contributed by atoms with van der Waals surface area (Å²) >= 11 is 5.90. The lowest BCUT2D eigenvalue weighted by Crippen LogP contribution is -2.11. The van der Waals surface area contributed by atoms with Crippen molar-refractivity contribution in [2.24, 2.45) is 7.05 Å². The summed E-state index contributed by atoms with van der Waals surface area (Å²) in [6.45, 7) is 2.47. The second kappa shape index (κ2) is 5.13. The van der Waals surface area contributed by atoms with E-state index in [0.29, 0.717) is 18.8 Å². The molecular weight excluding hydrogens is 288 g/mol. The number of hydrogen-bond donors (Lipinski definition) is 0. The van der Waals surface area contributed by atoms with Gasteiger partial charge in [-0.25, -0.2) is 13.4 Å². The smallest absolute Gasteiger partial charge is 0.158 e. The number of aromatic nitrogens is 4. The second-order valence-electron chi connectivity index (χ2n) is 4.68. The first-order chi connectivity index (χ1) is 8.83. The molecule has 0 saturated heterocycles. The van der Waals surface area contributed by atoms with E-state index < -0.39 is 9.84 Å². The average Bonchev–Trinajstić information content (AvgIpc) is 2.77. The Labute approximate surface area is 117 Å². The minimum absolute atomic E-state index is 0.158. The fourth-order valence-corrected chi connectivity index (χ4v) is 3.06. The minimum Gasteiger partial charge on any atom is -0.312 e. The maximum atomic E-state index is 11.2. The molecule has 0 aliphatic rings. The van der Waals surface area contributed by atoms with E-state index in [1.807, 2.05) is 18.5 Å². The molecule has 0 atom stereocenters. The van der Waals surface area contributed by atoms with Gasteiger partial charge in [0.25, 0.3) is 0 Å². The Morgan fingerprint density at radius 1 is 1.37 bits per heavy atom. The highest BCUT2D eigenvalue weighted by atomic mass is 35.5. The molecule has 6 nitrogen and oxygen atoms in total. The van der Waals surface area contributed by atoms with Crippen molar-refractivity contribution in [1.29, 1.82) is 0 Å². The minimum atomic E-state index is -2.94. The van der Waals surface area contributed by atoms with E-state index in [4.69, 9.17) is 11.6 Å². The van der Waals surface area contributed by atoms with Crippen LogP contribution in [-0.2, 0) is 29.3 Å². The maximum absolute atomic E-state index is 11.2. The SMILES string of the molecule is Cc1nn(C)c2c1nc(CCl)n2CCCS(C)(=O)=O. The van der Waals surface area contributed by atoms with Crippen molar-refractivity contribution in [3.05, 3.63) is 11.5 Å². The van der Waals surface area contributed by atoms with Crippen LogP contribution in [0, 0.1) is 6.92 Å². The Bertz CT molecular complexity index is 702. The molecule has 0 aliphatic carbocycles. The number of sulfone groups is 1. The molecule has 0 unspecified atom stereocenters. The number of alkyl halides is 1. The first-order valence-electron chi connectivity index (χ1n) is 5.96. The standard InChI is InChI=1S/C11H17ClN4O2S/c1-8-10-11(15(2)14-8)16(9(7-12)13-10)5-4-6-19(3,17)18/h4-7H2,1-3H3. The summed E-state index contributed by atoms with van der Waals surface area (Å²) in [4.78, 5) is 4.46. The third-order valence-electron chi connectivity index (χ3n) is 2.99. The number of rotatable bonds is 5. The zero-order valence-corrected chi connectivity index (χ0v) is 12.8. The molecule has 2 heterocycles. The molecule has 0 fully saturated rings. The van der Waals surface area contributed by atoms with E-state index >= 15 is 0 Å². The summed E-state index contributed by atoms with van der Waals surface area (Å²) in [7, 11) is -1.09. The van der Waals surface area contributed by atoms with Crippen LogP contribution in [0.5, 0.6) is 0 Å². The highest BCUT2D eigenvalue weighted by Gasteiger charge is 2.16. The van der Waals surface area contributed by atoms with Crippen LogP contribution in [0.2, 0.25) is 0 Å². The number of halogens is 1. The van der Waals surface area contributed by atoms with Gasteiger partial charge in [0.15, 0.2) is 5.65 Å². The zero-order chi connectivity index (χ0) is 14.2. The Kier molecular flexibility index (Phi) is 3.87. The van der Waals surface area contributed by atoms with Crippen molar-refractivity contribution >= 4 is 32.6 Å². The van der Waals surface area contributed by atoms with Crippen LogP contribution in [0.25, 0.3) is 11.2 Å². The van der Waals surface area contributed by atoms with E-state index in [0.717, 1.165) is 22.7 Å². The van der Waals surface area contributed by atoms with Gasteiger partial charge in [-0.2, -0.15) is 5.10 Å². The van der Waals surface area contributed by atoms with Crippen LogP contribution in [0.15, 0.2) is 0 Å². The van der Waals surface area contributed by atoms with Crippen LogP contribution >= 0.6 is 11.6 Å². The Morgan fingerprint density at radius 2 is 2.05 bits per heavy atom. The fourth-order valence-electron chi connectivity index (χ4n) is 2.20. The van der Waals surface area contributed by atoms with E-state index in [1.54, 1.807) is 4.68 Å². The van der Waals surface area contributed by atoms with Gasteiger partial charge in [-0.15, -0.1) is 11.6 Å². The molecule has 0 spiro atoms. The molecule has 8 heteroatoms. The van der Waals surface area contributed by atoms with Crippen molar-refractivity contribution in [1.82, 2.24) is 19.3 Å². The molecule has 2 aromatic heterocycles. The number of fused-ring (bicyclic) bond motifs is 1. The fraction of sp³-hybridized carbons (Fsp3) is 0.636. The number of aryl methyl sites for hydroxylation is 3. The summed E-state index contributed by atoms with van der Waals surface area (Å²) < 4.78 is 26.1. The summed E-state index contributed by atoms with van der Waals surface area (Å²) in [5.74, 6) is 1.21. The maximum Gasteiger partial charge on any atom is 0.158 e. The predicted molar refractivity (Wildman–Crippen MR) is 75.1 cm³/mol. The number of imidazole rings is 1. The molecule has 19 heavy (non-hydrogen) atoms. The van der Waals surface area contributed by atoms with Crippen molar-refractivity contribution in [2.45, 2.75) is 25.8 Å². The molecule has 0 saturated carbocycles. The quantitative estimate of drug-likeness (QED) is 0.780. The van der Waals surface area contributed by atoms with Crippen molar-refractivity contribution in [2.75, 3.05) is 12.0 Å². The van der Waals surface area contributed by atoms with Gasteiger partial charge in [0, 0.05) is 19.8 Å². The van der Waals surface area contributed by atoms with E-state index in [9.17, 15) is 8.42 Å². The summed E-state index contributed by atoms with van der Waals surface area (Å²) in [5.41, 5.74) is 2.57. The lowest BCUT2D eigenvalue weighted by atomic mass is 10.4. The topological polar surface area (TPSA) is 69.8 Å². The molecule has 106 valence electrons. The van der Waals surface area contributed by atoms with Crippen LogP contribution in [0.1, 0.15) is 17.9 Å². The largest absolute Gasteiger partial charge is 0.312 e. The molecule has 0 amide bonds. The van der Waals surface area contributed by atoms with E-state index in [-0.39, 0.29) is 5.75 Å². The highest BCUT2D eigenvalue weighted by Crippen LogP contribution is 2.20. The third-order valence-corrected chi connectivity index (χ3v) is 4.25. The first kappa shape index (κ1) is 14.3. The molecule has 0 aliphatic heterocycles. The molecule has 0 radical (unpaired) electrons. The van der Waals surface area contributed by atoms with Crippen LogP contribution < -0.4 is 0 Å². The van der Waals surface area contributed by atoms with Crippen LogP contribution in [0.4, 0.5) is 0 Å². The van der Waals surface area contributed by atoms with Gasteiger partial charge in [0.05, 0.1) is 17.3 Å². The van der Waals surface area contributed by atoms with Gasteiger partial charge in [-0.05, 0) is 13.3 Å². The highest BCUT2D eigenvalue weighted by molar-refractivity contribution is 7.90. The van der Waals surface area contributed by atoms with Gasteiger partial charge in [-0.3, -0.25) is 4.68 Å². The van der Waals surface area contributed by atoms with Crippen LogP contribution in [-0.4, -0.2) is 39.8 Å². The Hall–Kier alpha value is -1.08. The van der Waals surface area contributed by atoms with E-state index in [1.165, 1.54) is 6.26 Å². The monoisotopic (exact) mass is 304 g/mol. The number of hydrogen-bond acceptors (Lipinski definition) is 4. The van der Waals surface area contributed by atoms with Gasteiger partial charge in [-0.1, -0.05) is 0 Å². The second-order valence-corrected chi connectivity index (χ2v) is 7.20. The average molecular weight is 305 g/mol. The number of nitrogens with zero attached hydrogens (tertiary/aromatic N) is 4.